The predicted octanol–water partition coefficient (Wildman–Crippen LogP) is 5.78. The topological polar surface area (TPSA) is 96.0 Å². The molecule has 1 N–H and O–H groups in total. The number of methoxy groups -OCH3 is 1. The van der Waals surface area contributed by atoms with Gasteiger partial charge < -0.3 is 15.0 Å². The van der Waals surface area contributed by atoms with Crippen molar-refractivity contribution in [3.8, 4) is 5.75 Å². The highest BCUT2D eigenvalue weighted by atomic mass is 79.9. The van der Waals surface area contributed by atoms with Crippen LogP contribution in [0.15, 0.2) is 82.2 Å². The molecule has 0 heterocycles. The zero-order chi connectivity index (χ0) is 29.6. The highest BCUT2D eigenvalue weighted by Gasteiger charge is 2.33. The number of sulfonamides is 1. The summed E-state index contributed by atoms with van der Waals surface area (Å²) < 4.78 is 34.9. The number of ether oxygens (including phenoxy) is 1. The molecule has 8 nitrogen and oxygen atoms in total. The van der Waals surface area contributed by atoms with Gasteiger partial charge in [-0.15, -0.1) is 0 Å². The molecule has 1 atom stereocenters. The number of carbonyl (C=O) groups is 2. The average molecular weight is 663 g/mol. The number of nitrogens with one attached hydrogen (secondary N) is 1. The SMILES string of the molecule is COc1ccc(S(=O)(=O)N(CC(=O)N(Cc2ccc(Br)cc2)C(C)C(=O)NC2CCCC2)c2cccc(Cl)c2)cc1. The number of nitrogens with zero attached hydrogens (tertiary/aromatic N) is 2. The standard InChI is InChI=1S/C30H33BrClN3O5S/c1-21(30(37)33-25-7-3-4-8-25)34(19-22-10-12-23(31)13-11-22)29(36)20-35(26-9-5-6-24(32)18-26)41(38,39)28-16-14-27(40-2)15-17-28/h5-6,9-18,21,25H,3-4,7-8,19-20H2,1-2H3,(H,33,37). The first-order chi connectivity index (χ1) is 19.6. The molecule has 41 heavy (non-hydrogen) atoms. The molecule has 3 aromatic rings. The van der Waals surface area contributed by atoms with E-state index in [0.717, 1.165) is 40.0 Å². The van der Waals surface area contributed by atoms with Gasteiger partial charge in [-0.3, -0.25) is 13.9 Å². The third-order valence-electron chi connectivity index (χ3n) is 7.16. The first-order valence-electron chi connectivity index (χ1n) is 13.3. The molecule has 218 valence electrons. The molecule has 0 aliphatic heterocycles. The van der Waals surface area contributed by atoms with Crippen molar-refractivity contribution >= 4 is 55.1 Å². The van der Waals surface area contributed by atoms with Crippen LogP contribution in [0.4, 0.5) is 5.69 Å². The maximum atomic E-state index is 14.0. The first kappa shape index (κ1) is 30.9. The van der Waals surface area contributed by atoms with Gasteiger partial charge in [-0.1, -0.05) is 58.6 Å². The van der Waals surface area contributed by atoms with Crippen molar-refractivity contribution in [2.24, 2.45) is 0 Å². The van der Waals surface area contributed by atoms with Gasteiger partial charge in [-0.25, -0.2) is 8.42 Å². The lowest BCUT2D eigenvalue weighted by Gasteiger charge is -2.32. The second-order valence-electron chi connectivity index (χ2n) is 9.98. The van der Waals surface area contributed by atoms with Gasteiger partial charge >= 0.3 is 0 Å². The summed E-state index contributed by atoms with van der Waals surface area (Å²) in [5.74, 6) is -0.300. The Bertz CT molecular complexity index is 1460. The number of anilines is 1. The van der Waals surface area contributed by atoms with Crippen molar-refractivity contribution in [2.75, 3.05) is 18.0 Å². The van der Waals surface area contributed by atoms with Crippen LogP contribution in [-0.2, 0) is 26.2 Å². The number of carbonyl (C=O) groups excluding carboxylic acids is 2. The van der Waals surface area contributed by atoms with Crippen LogP contribution in [0.3, 0.4) is 0 Å². The zero-order valence-electron chi connectivity index (χ0n) is 22.9. The summed E-state index contributed by atoms with van der Waals surface area (Å²) in [6.45, 7) is 1.26. The minimum atomic E-state index is -4.20. The Morgan fingerprint density at radius 3 is 2.32 bits per heavy atom. The third kappa shape index (κ3) is 7.81. The molecule has 11 heteroatoms. The lowest BCUT2D eigenvalue weighted by Crippen LogP contribution is -2.52. The summed E-state index contributed by atoms with van der Waals surface area (Å²) in [4.78, 5) is 28.7. The number of hydrogen-bond acceptors (Lipinski definition) is 5. The van der Waals surface area contributed by atoms with Crippen LogP contribution < -0.4 is 14.4 Å². The Balaban J connectivity index is 1.68. The predicted molar refractivity (Wildman–Crippen MR) is 164 cm³/mol. The second-order valence-corrected chi connectivity index (χ2v) is 13.2. The summed E-state index contributed by atoms with van der Waals surface area (Å²) in [6, 6.07) is 18.9. The van der Waals surface area contributed by atoms with E-state index >= 15 is 0 Å². The third-order valence-corrected chi connectivity index (χ3v) is 9.71. The lowest BCUT2D eigenvalue weighted by molar-refractivity contribution is -0.139. The van der Waals surface area contributed by atoms with Crippen molar-refractivity contribution in [1.29, 1.82) is 0 Å². The van der Waals surface area contributed by atoms with Gasteiger partial charge in [0.15, 0.2) is 0 Å². The molecule has 3 aromatic carbocycles. The molecular formula is C30H33BrClN3O5S. The Morgan fingerprint density at radius 2 is 1.71 bits per heavy atom. The molecule has 1 saturated carbocycles. The summed E-state index contributed by atoms with van der Waals surface area (Å²) in [5, 5.41) is 3.39. The lowest BCUT2D eigenvalue weighted by atomic mass is 10.1. The van der Waals surface area contributed by atoms with Crippen LogP contribution in [0.25, 0.3) is 0 Å². The van der Waals surface area contributed by atoms with Gasteiger partial charge in [0, 0.05) is 22.1 Å². The largest absolute Gasteiger partial charge is 0.497 e. The molecule has 1 aliphatic carbocycles. The fourth-order valence-corrected chi connectivity index (χ4v) is 6.65. The van der Waals surface area contributed by atoms with E-state index in [9.17, 15) is 18.0 Å². The van der Waals surface area contributed by atoms with Gasteiger partial charge in [0.1, 0.15) is 18.3 Å². The number of amides is 2. The molecule has 1 fully saturated rings. The first-order valence-corrected chi connectivity index (χ1v) is 16.0. The summed E-state index contributed by atoms with van der Waals surface area (Å²) >= 11 is 9.65. The monoisotopic (exact) mass is 661 g/mol. The normalized spacial score (nSPS) is 14.3. The Hall–Kier alpha value is -3.08. The summed E-state index contributed by atoms with van der Waals surface area (Å²) in [6.07, 6.45) is 3.92. The molecule has 1 unspecified atom stereocenters. The highest BCUT2D eigenvalue weighted by Crippen LogP contribution is 2.28. The van der Waals surface area contributed by atoms with Gasteiger partial charge in [0.05, 0.1) is 17.7 Å². The van der Waals surface area contributed by atoms with E-state index in [1.54, 1.807) is 37.3 Å². The summed E-state index contributed by atoms with van der Waals surface area (Å²) in [5.41, 5.74) is 1.03. The van der Waals surface area contributed by atoms with Crippen molar-refractivity contribution < 1.29 is 22.7 Å². The maximum Gasteiger partial charge on any atom is 0.264 e. The van der Waals surface area contributed by atoms with E-state index in [2.05, 4.69) is 21.2 Å². The minimum Gasteiger partial charge on any atom is -0.497 e. The molecule has 1 aliphatic rings. The van der Waals surface area contributed by atoms with Gasteiger partial charge in [-0.05, 0) is 79.9 Å². The Morgan fingerprint density at radius 1 is 1.05 bits per heavy atom. The van der Waals surface area contributed by atoms with Crippen molar-refractivity contribution in [1.82, 2.24) is 10.2 Å². The van der Waals surface area contributed by atoms with E-state index in [1.807, 2.05) is 24.3 Å². The van der Waals surface area contributed by atoms with Crippen LogP contribution in [-0.4, -0.2) is 50.9 Å². The van der Waals surface area contributed by atoms with E-state index in [-0.39, 0.29) is 29.1 Å². The fraction of sp³-hybridized carbons (Fsp3) is 0.333. The van der Waals surface area contributed by atoms with Gasteiger partial charge in [-0.2, -0.15) is 0 Å². The fourth-order valence-electron chi connectivity index (χ4n) is 4.80. The van der Waals surface area contributed by atoms with Crippen LogP contribution in [0.5, 0.6) is 5.75 Å². The van der Waals surface area contributed by atoms with Crippen LogP contribution in [0, 0.1) is 0 Å². The Kier molecular flexibility index (Phi) is 10.3. The van der Waals surface area contributed by atoms with Crippen molar-refractivity contribution in [3.05, 3.63) is 87.9 Å². The molecule has 0 radical (unpaired) electrons. The number of rotatable bonds is 11. The molecule has 4 rings (SSSR count). The van der Waals surface area contributed by atoms with E-state index in [4.69, 9.17) is 16.3 Å². The Labute approximate surface area is 254 Å². The molecule has 0 aromatic heterocycles. The number of benzene rings is 3. The van der Waals surface area contributed by atoms with Crippen molar-refractivity contribution in [3.63, 3.8) is 0 Å². The van der Waals surface area contributed by atoms with E-state index in [0.29, 0.717) is 10.8 Å². The van der Waals surface area contributed by atoms with Crippen molar-refractivity contribution in [2.45, 2.75) is 56.1 Å². The minimum absolute atomic E-state index is 0.0161. The average Bonchev–Trinajstić information content (AvgIpc) is 3.48. The highest BCUT2D eigenvalue weighted by molar-refractivity contribution is 9.10. The van der Waals surface area contributed by atoms with Crippen LogP contribution in [0.2, 0.25) is 5.02 Å². The quantitative estimate of drug-likeness (QED) is 0.281. The summed E-state index contributed by atoms with van der Waals surface area (Å²) in [7, 11) is -2.71. The molecule has 0 saturated heterocycles. The van der Waals surface area contributed by atoms with Crippen LogP contribution in [0.1, 0.15) is 38.2 Å². The number of halogens is 2. The van der Waals surface area contributed by atoms with Gasteiger partial charge in [0.25, 0.3) is 10.0 Å². The number of hydrogen-bond donors (Lipinski definition) is 1. The molecule has 0 spiro atoms. The molecule has 0 bridgehead atoms. The molecular weight excluding hydrogens is 630 g/mol. The van der Waals surface area contributed by atoms with E-state index < -0.39 is 28.5 Å². The smallest absolute Gasteiger partial charge is 0.264 e. The van der Waals surface area contributed by atoms with Crippen LogP contribution >= 0.6 is 27.5 Å². The van der Waals surface area contributed by atoms with Gasteiger partial charge in [0.2, 0.25) is 11.8 Å². The second kappa shape index (κ2) is 13.7. The maximum absolute atomic E-state index is 14.0. The zero-order valence-corrected chi connectivity index (χ0v) is 26.1. The van der Waals surface area contributed by atoms with E-state index in [1.165, 1.54) is 30.2 Å². The molecule has 2 amide bonds.